The molecule has 1 saturated heterocycles. The van der Waals surface area contributed by atoms with Crippen molar-refractivity contribution >= 4 is 11.6 Å². The molecule has 1 aromatic heterocycles. The first-order valence-electron chi connectivity index (χ1n) is 10.4. The summed E-state index contributed by atoms with van der Waals surface area (Å²) in [5, 5.41) is 6.91. The standard InChI is InChI=1S/C23H33N5O3/c1-15-12-25-21(16(2)22(15)31-6)13-26-23(24-3)27-17-7-8-28(14-17)18-9-19(29-4)11-20(10-18)30-5/h9-12,17H,7-8,13-14H2,1-6H3,(H2,24,26,27). The van der Waals surface area contributed by atoms with E-state index in [2.05, 4.69) is 25.5 Å². The Morgan fingerprint density at radius 1 is 1.13 bits per heavy atom. The molecule has 8 heteroatoms. The van der Waals surface area contributed by atoms with Crippen LogP contribution in [0.5, 0.6) is 17.2 Å². The molecule has 0 saturated carbocycles. The van der Waals surface area contributed by atoms with Crippen LogP contribution in [0.15, 0.2) is 29.4 Å². The van der Waals surface area contributed by atoms with E-state index in [0.717, 1.165) is 65.2 Å². The van der Waals surface area contributed by atoms with Crippen LogP contribution in [0.25, 0.3) is 0 Å². The zero-order valence-corrected chi connectivity index (χ0v) is 19.3. The molecule has 0 amide bonds. The number of methoxy groups -OCH3 is 3. The molecular weight excluding hydrogens is 394 g/mol. The van der Waals surface area contributed by atoms with Gasteiger partial charge in [0, 0.05) is 67.4 Å². The van der Waals surface area contributed by atoms with Gasteiger partial charge in [0.25, 0.3) is 0 Å². The van der Waals surface area contributed by atoms with Crippen molar-refractivity contribution in [2.45, 2.75) is 32.9 Å². The Morgan fingerprint density at radius 3 is 2.45 bits per heavy atom. The van der Waals surface area contributed by atoms with Gasteiger partial charge in [0.05, 0.1) is 33.6 Å². The van der Waals surface area contributed by atoms with Gasteiger partial charge >= 0.3 is 0 Å². The van der Waals surface area contributed by atoms with Gasteiger partial charge in [-0.25, -0.2) is 0 Å². The molecule has 2 heterocycles. The Bertz CT molecular complexity index is 909. The second-order valence-electron chi connectivity index (χ2n) is 7.62. The lowest BCUT2D eigenvalue weighted by Crippen LogP contribution is -2.44. The number of hydrogen-bond acceptors (Lipinski definition) is 6. The van der Waals surface area contributed by atoms with Crippen molar-refractivity contribution in [1.82, 2.24) is 15.6 Å². The highest BCUT2D eigenvalue weighted by atomic mass is 16.5. The molecule has 1 aliphatic rings. The number of anilines is 1. The molecule has 1 fully saturated rings. The third-order valence-corrected chi connectivity index (χ3v) is 5.63. The zero-order chi connectivity index (χ0) is 22.4. The van der Waals surface area contributed by atoms with E-state index < -0.39 is 0 Å². The molecule has 2 N–H and O–H groups in total. The highest BCUT2D eigenvalue weighted by Gasteiger charge is 2.24. The van der Waals surface area contributed by atoms with Crippen LogP contribution in [0.1, 0.15) is 23.2 Å². The molecule has 2 aromatic rings. The first-order valence-corrected chi connectivity index (χ1v) is 10.4. The number of benzene rings is 1. The van der Waals surface area contributed by atoms with Gasteiger partial charge in [-0.15, -0.1) is 0 Å². The monoisotopic (exact) mass is 427 g/mol. The van der Waals surface area contributed by atoms with Crippen molar-refractivity contribution in [3.05, 3.63) is 41.2 Å². The number of aliphatic imine (C=N–C) groups is 1. The van der Waals surface area contributed by atoms with E-state index in [4.69, 9.17) is 14.2 Å². The predicted molar refractivity (Wildman–Crippen MR) is 124 cm³/mol. The average Bonchev–Trinajstić information content (AvgIpc) is 3.26. The Kier molecular flexibility index (Phi) is 7.44. The molecule has 168 valence electrons. The van der Waals surface area contributed by atoms with Gasteiger partial charge < -0.3 is 29.7 Å². The van der Waals surface area contributed by atoms with Gasteiger partial charge in [0.1, 0.15) is 17.2 Å². The quantitative estimate of drug-likeness (QED) is 0.519. The number of aromatic nitrogens is 1. The number of nitrogens with zero attached hydrogens (tertiary/aromatic N) is 3. The smallest absolute Gasteiger partial charge is 0.191 e. The number of nitrogens with one attached hydrogen (secondary N) is 2. The predicted octanol–water partition coefficient (Wildman–Crippen LogP) is 2.67. The molecule has 3 rings (SSSR count). The largest absolute Gasteiger partial charge is 0.497 e. The summed E-state index contributed by atoms with van der Waals surface area (Å²) in [7, 11) is 6.81. The first-order chi connectivity index (χ1) is 15.0. The van der Waals surface area contributed by atoms with E-state index in [1.807, 2.05) is 38.2 Å². The minimum atomic E-state index is 0.282. The maximum Gasteiger partial charge on any atom is 0.191 e. The fourth-order valence-electron chi connectivity index (χ4n) is 3.89. The molecule has 0 spiro atoms. The normalized spacial score (nSPS) is 16.3. The summed E-state index contributed by atoms with van der Waals surface area (Å²) in [4.78, 5) is 11.3. The topological polar surface area (TPSA) is 80.2 Å². The van der Waals surface area contributed by atoms with Crippen LogP contribution in [0.4, 0.5) is 5.69 Å². The summed E-state index contributed by atoms with van der Waals surface area (Å²) in [5.41, 5.74) is 4.12. The zero-order valence-electron chi connectivity index (χ0n) is 19.3. The Balaban J connectivity index is 1.60. The Labute approximate surface area is 184 Å². The van der Waals surface area contributed by atoms with Gasteiger partial charge in [-0.3, -0.25) is 9.98 Å². The van der Waals surface area contributed by atoms with Crippen molar-refractivity contribution in [3.8, 4) is 17.2 Å². The van der Waals surface area contributed by atoms with Crippen LogP contribution in [0.3, 0.4) is 0 Å². The maximum atomic E-state index is 5.51. The Morgan fingerprint density at radius 2 is 1.84 bits per heavy atom. The van der Waals surface area contributed by atoms with E-state index in [1.165, 1.54) is 0 Å². The van der Waals surface area contributed by atoms with Gasteiger partial charge in [-0.2, -0.15) is 0 Å². The molecule has 1 atom stereocenters. The summed E-state index contributed by atoms with van der Waals surface area (Å²) >= 11 is 0. The number of aryl methyl sites for hydroxylation is 1. The summed E-state index contributed by atoms with van der Waals surface area (Å²) in [6.45, 7) is 6.42. The molecule has 8 nitrogen and oxygen atoms in total. The average molecular weight is 428 g/mol. The van der Waals surface area contributed by atoms with Gasteiger partial charge in [0.2, 0.25) is 0 Å². The Hall–Kier alpha value is -3.16. The summed E-state index contributed by atoms with van der Waals surface area (Å²) < 4.78 is 16.3. The van der Waals surface area contributed by atoms with Crippen LogP contribution in [0, 0.1) is 13.8 Å². The minimum absolute atomic E-state index is 0.282. The molecule has 1 aromatic carbocycles. The lowest BCUT2D eigenvalue weighted by atomic mass is 10.1. The third kappa shape index (κ3) is 5.31. The summed E-state index contributed by atoms with van der Waals surface area (Å²) in [6, 6.07) is 6.25. The molecule has 0 radical (unpaired) electrons. The van der Waals surface area contributed by atoms with Crippen LogP contribution < -0.4 is 29.7 Å². The first kappa shape index (κ1) is 22.5. The SMILES string of the molecule is CN=C(NCc1ncc(C)c(OC)c1C)NC1CCN(c2cc(OC)cc(OC)c2)C1. The van der Waals surface area contributed by atoms with E-state index in [1.54, 1.807) is 28.4 Å². The van der Waals surface area contributed by atoms with Crippen LogP contribution in [-0.2, 0) is 6.54 Å². The second-order valence-corrected chi connectivity index (χ2v) is 7.62. The van der Waals surface area contributed by atoms with Crippen molar-refractivity contribution < 1.29 is 14.2 Å². The lowest BCUT2D eigenvalue weighted by molar-refractivity contribution is 0.394. The molecular formula is C23H33N5O3. The second kappa shape index (κ2) is 10.2. The highest BCUT2D eigenvalue weighted by Crippen LogP contribution is 2.30. The number of ether oxygens (including phenoxy) is 3. The highest BCUT2D eigenvalue weighted by molar-refractivity contribution is 5.80. The summed E-state index contributed by atoms with van der Waals surface area (Å²) in [6.07, 6.45) is 2.85. The van der Waals surface area contributed by atoms with E-state index in [-0.39, 0.29) is 6.04 Å². The van der Waals surface area contributed by atoms with Crippen molar-refractivity contribution in [2.24, 2.45) is 4.99 Å². The minimum Gasteiger partial charge on any atom is -0.497 e. The van der Waals surface area contributed by atoms with E-state index in [9.17, 15) is 0 Å². The van der Waals surface area contributed by atoms with Crippen molar-refractivity contribution in [3.63, 3.8) is 0 Å². The van der Waals surface area contributed by atoms with E-state index >= 15 is 0 Å². The third-order valence-electron chi connectivity index (χ3n) is 5.63. The lowest BCUT2D eigenvalue weighted by Gasteiger charge is -2.21. The molecule has 31 heavy (non-hydrogen) atoms. The molecule has 0 aliphatic carbocycles. The molecule has 1 aliphatic heterocycles. The fraction of sp³-hybridized carbons (Fsp3) is 0.478. The molecule has 1 unspecified atom stereocenters. The van der Waals surface area contributed by atoms with Crippen LogP contribution in [-0.4, -0.2) is 58.5 Å². The van der Waals surface area contributed by atoms with Gasteiger partial charge in [-0.1, -0.05) is 0 Å². The van der Waals surface area contributed by atoms with Gasteiger partial charge in [0.15, 0.2) is 5.96 Å². The molecule has 0 bridgehead atoms. The maximum absolute atomic E-state index is 5.51. The van der Waals surface area contributed by atoms with Crippen molar-refractivity contribution in [1.29, 1.82) is 0 Å². The van der Waals surface area contributed by atoms with Crippen LogP contribution in [0.2, 0.25) is 0 Å². The van der Waals surface area contributed by atoms with Gasteiger partial charge in [-0.05, 0) is 20.3 Å². The number of hydrogen-bond donors (Lipinski definition) is 2. The fourth-order valence-corrected chi connectivity index (χ4v) is 3.89. The number of pyridine rings is 1. The number of rotatable bonds is 7. The van der Waals surface area contributed by atoms with Crippen molar-refractivity contribution in [2.75, 3.05) is 46.4 Å². The number of guanidine groups is 1. The van der Waals surface area contributed by atoms with E-state index in [0.29, 0.717) is 6.54 Å². The van der Waals surface area contributed by atoms with Crippen LogP contribution >= 0.6 is 0 Å². The summed E-state index contributed by atoms with van der Waals surface area (Å²) in [5.74, 6) is 3.23.